The molecule has 6 heteroatoms. The van der Waals surface area contributed by atoms with E-state index >= 15 is 0 Å². The Bertz CT molecular complexity index is 952. The van der Waals surface area contributed by atoms with Crippen molar-refractivity contribution >= 4 is 6.72 Å². The molecule has 190 valence electrons. The molecule has 1 N–H and O–H groups in total. The number of halogens is 3. The lowest BCUT2D eigenvalue weighted by atomic mass is 10.1. The Hall–Kier alpha value is -3.17. The van der Waals surface area contributed by atoms with Gasteiger partial charge in [0.25, 0.3) is 0 Å². The van der Waals surface area contributed by atoms with E-state index in [1.807, 2.05) is 37.3 Å². The minimum Gasteiger partial charge on any atom is -0.313 e. The van der Waals surface area contributed by atoms with Gasteiger partial charge in [-0.05, 0) is 69.3 Å². The fourth-order valence-corrected chi connectivity index (χ4v) is 2.72. The number of nitrogens with one attached hydrogen (secondary N) is 1. The fraction of sp³-hybridized carbons (Fsp3) is 0.379. The van der Waals surface area contributed by atoms with Crippen LogP contribution in [0.5, 0.6) is 0 Å². The first kappa shape index (κ1) is 31.8. The summed E-state index contributed by atoms with van der Waals surface area (Å²) in [5.74, 6) is 0.758. The smallest absolute Gasteiger partial charge is 0.313 e. The second-order valence-corrected chi connectivity index (χ2v) is 8.17. The molecule has 0 heterocycles. The molecule has 0 bridgehead atoms. The summed E-state index contributed by atoms with van der Waals surface area (Å²) in [5, 5.41) is 11.8. The highest BCUT2D eigenvalue weighted by Crippen LogP contribution is 2.31. The summed E-state index contributed by atoms with van der Waals surface area (Å²) in [7, 11) is 0. The Morgan fingerprint density at radius 1 is 1.14 bits per heavy atom. The number of aryl methyl sites for hydroxylation is 2. The summed E-state index contributed by atoms with van der Waals surface area (Å²) in [6, 6.07) is 15.2. The van der Waals surface area contributed by atoms with Crippen LogP contribution in [0.15, 0.2) is 77.4 Å². The molecule has 0 saturated carbocycles. The van der Waals surface area contributed by atoms with E-state index in [-0.39, 0.29) is 0 Å². The lowest BCUT2D eigenvalue weighted by Crippen LogP contribution is -2.22. The molecule has 0 radical (unpaired) electrons. The van der Waals surface area contributed by atoms with Crippen LogP contribution in [0.1, 0.15) is 56.4 Å². The zero-order chi connectivity index (χ0) is 26.7. The Balaban J connectivity index is 0.000000506. The van der Waals surface area contributed by atoms with E-state index < -0.39 is 11.7 Å². The Kier molecular flexibility index (Phi) is 16.5. The number of aliphatic imine (C=N–C) groups is 1. The van der Waals surface area contributed by atoms with Gasteiger partial charge >= 0.3 is 6.18 Å². The lowest BCUT2D eigenvalue weighted by molar-refractivity contribution is -0.138. The summed E-state index contributed by atoms with van der Waals surface area (Å²) in [5.41, 5.74) is 3.06. The van der Waals surface area contributed by atoms with Crippen molar-refractivity contribution in [3.8, 4) is 6.07 Å². The molecule has 0 fully saturated rings. The van der Waals surface area contributed by atoms with Gasteiger partial charge in [-0.15, -0.1) is 0 Å². The Morgan fingerprint density at radius 2 is 1.77 bits per heavy atom. The number of nitrogens with zero attached hydrogens (tertiary/aromatic N) is 2. The van der Waals surface area contributed by atoms with Gasteiger partial charge in [-0.2, -0.15) is 18.4 Å². The predicted octanol–water partition coefficient (Wildman–Crippen LogP) is 7.92. The minimum absolute atomic E-state index is 0.352. The van der Waals surface area contributed by atoms with Crippen molar-refractivity contribution in [1.82, 2.24) is 5.32 Å². The standard InChI is InChI=1S/C12H22N2.C9H9F3.C8H7N/c1-5-11(2)9-14-10-12(3)7-6-8-13-4;1-2-7-5-3-4-6-8(7)9(10,11)12;1-7-2-4-8(6-9)5-3-7/h6-8,11,14H,4-5,9-10H2,1-3H3;3-6H,2H2,1H3;2-5H,1H3/b8-6-,12-7+;;. The molecule has 2 rings (SSSR count). The van der Waals surface area contributed by atoms with E-state index in [0.29, 0.717) is 12.0 Å². The van der Waals surface area contributed by atoms with Crippen LogP contribution in [0.4, 0.5) is 13.2 Å². The zero-order valence-corrected chi connectivity index (χ0v) is 21.5. The molecular formula is C29H38F3N3. The van der Waals surface area contributed by atoms with Gasteiger partial charge in [0.1, 0.15) is 0 Å². The Morgan fingerprint density at radius 3 is 2.26 bits per heavy atom. The minimum atomic E-state index is -4.22. The van der Waals surface area contributed by atoms with Crippen LogP contribution in [-0.4, -0.2) is 19.8 Å². The average molecular weight is 486 g/mol. The highest BCUT2D eigenvalue weighted by molar-refractivity contribution is 5.31. The maximum atomic E-state index is 12.2. The fourth-order valence-electron chi connectivity index (χ4n) is 2.72. The van der Waals surface area contributed by atoms with Crippen molar-refractivity contribution in [1.29, 1.82) is 5.26 Å². The topological polar surface area (TPSA) is 48.2 Å². The predicted molar refractivity (Wildman–Crippen MR) is 141 cm³/mol. The lowest BCUT2D eigenvalue weighted by Gasteiger charge is -2.10. The highest BCUT2D eigenvalue weighted by Gasteiger charge is 2.32. The third kappa shape index (κ3) is 15.4. The second kappa shape index (κ2) is 18.2. The van der Waals surface area contributed by atoms with E-state index in [1.165, 1.54) is 29.7 Å². The molecule has 0 saturated heterocycles. The van der Waals surface area contributed by atoms with E-state index in [9.17, 15) is 13.2 Å². The third-order valence-electron chi connectivity index (χ3n) is 5.05. The van der Waals surface area contributed by atoms with Crippen molar-refractivity contribution in [2.24, 2.45) is 10.9 Å². The zero-order valence-electron chi connectivity index (χ0n) is 21.5. The number of hydrogen-bond donors (Lipinski definition) is 1. The number of alkyl halides is 3. The van der Waals surface area contributed by atoms with Crippen LogP contribution >= 0.6 is 0 Å². The van der Waals surface area contributed by atoms with Crippen molar-refractivity contribution in [2.45, 2.75) is 53.6 Å². The quantitative estimate of drug-likeness (QED) is 0.305. The van der Waals surface area contributed by atoms with Crippen LogP contribution < -0.4 is 5.32 Å². The maximum absolute atomic E-state index is 12.2. The van der Waals surface area contributed by atoms with E-state index in [2.05, 4.69) is 49.9 Å². The van der Waals surface area contributed by atoms with Gasteiger partial charge in [-0.25, -0.2) is 0 Å². The molecule has 1 atom stereocenters. The molecule has 2 aromatic rings. The molecule has 0 aromatic heterocycles. The molecule has 1 unspecified atom stereocenters. The maximum Gasteiger partial charge on any atom is 0.416 e. The molecule has 0 spiro atoms. The van der Waals surface area contributed by atoms with Gasteiger partial charge in [-0.3, -0.25) is 4.99 Å². The van der Waals surface area contributed by atoms with Crippen LogP contribution in [0.3, 0.4) is 0 Å². The van der Waals surface area contributed by atoms with Gasteiger partial charge < -0.3 is 5.32 Å². The number of hydrogen-bond acceptors (Lipinski definition) is 3. The molecule has 3 nitrogen and oxygen atoms in total. The summed E-state index contributed by atoms with van der Waals surface area (Å²) in [6.07, 6.45) is 3.09. The summed E-state index contributed by atoms with van der Waals surface area (Å²) < 4.78 is 36.7. The van der Waals surface area contributed by atoms with Gasteiger partial charge in [0.05, 0.1) is 17.2 Å². The van der Waals surface area contributed by atoms with Gasteiger partial charge in [0, 0.05) is 12.7 Å². The molecule has 2 aromatic carbocycles. The number of benzene rings is 2. The van der Waals surface area contributed by atoms with Gasteiger partial charge in [0.15, 0.2) is 0 Å². The van der Waals surface area contributed by atoms with Crippen molar-refractivity contribution in [2.75, 3.05) is 13.1 Å². The monoisotopic (exact) mass is 485 g/mol. The van der Waals surface area contributed by atoms with Crippen LogP contribution in [0.2, 0.25) is 0 Å². The average Bonchev–Trinajstić information content (AvgIpc) is 2.85. The number of allylic oxidation sites excluding steroid dienone is 2. The first-order valence-electron chi connectivity index (χ1n) is 11.7. The number of rotatable bonds is 8. The van der Waals surface area contributed by atoms with E-state index in [1.54, 1.807) is 19.2 Å². The largest absolute Gasteiger partial charge is 0.416 e. The van der Waals surface area contributed by atoms with E-state index in [0.717, 1.165) is 30.6 Å². The SMILES string of the molecule is C=N/C=C\C=C(/C)CNCC(C)CC.CCc1ccccc1C(F)(F)F.Cc1ccc(C#N)cc1. The van der Waals surface area contributed by atoms with Crippen molar-refractivity contribution in [3.05, 3.63) is 94.7 Å². The molecular weight excluding hydrogens is 447 g/mol. The molecule has 0 aliphatic rings. The van der Waals surface area contributed by atoms with E-state index in [4.69, 9.17) is 5.26 Å². The van der Waals surface area contributed by atoms with Crippen LogP contribution in [0.25, 0.3) is 0 Å². The second-order valence-electron chi connectivity index (χ2n) is 8.17. The third-order valence-corrected chi connectivity index (χ3v) is 5.05. The normalized spacial score (nSPS) is 12.0. The van der Waals surface area contributed by atoms with Crippen LogP contribution in [-0.2, 0) is 12.6 Å². The molecule has 0 aliphatic heterocycles. The first-order valence-corrected chi connectivity index (χ1v) is 11.7. The summed E-state index contributed by atoms with van der Waals surface area (Å²) in [6.45, 7) is 15.7. The number of nitriles is 1. The van der Waals surface area contributed by atoms with Gasteiger partial charge in [-0.1, -0.05) is 74.7 Å². The molecule has 0 amide bonds. The van der Waals surface area contributed by atoms with Crippen molar-refractivity contribution < 1.29 is 13.2 Å². The van der Waals surface area contributed by atoms with Crippen LogP contribution in [0, 0.1) is 24.2 Å². The summed E-state index contributed by atoms with van der Waals surface area (Å²) in [4.78, 5) is 3.63. The molecule has 35 heavy (non-hydrogen) atoms. The van der Waals surface area contributed by atoms with Crippen molar-refractivity contribution in [3.63, 3.8) is 0 Å². The van der Waals surface area contributed by atoms with Gasteiger partial charge in [0.2, 0.25) is 0 Å². The highest BCUT2D eigenvalue weighted by atomic mass is 19.4. The molecule has 0 aliphatic carbocycles. The Labute approximate surface area is 209 Å². The first-order chi connectivity index (χ1) is 16.6. The summed E-state index contributed by atoms with van der Waals surface area (Å²) >= 11 is 0.